The molecule has 0 amide bonds. The maximum atomic E-state index is 3.66. The number of hydrogen-bond acceptors (Lipinski definition) is 0. The Morgan fingerprint density at radius 2 is 1.18 bits per heavy atom. The van der Waals surface area contributed by atoms with E-state index in [1.165, 1.54) is 76.5 Å². The smallest absolute Gasteiger partial charge is 0.0324 e. The molecule has 0 heteroatoms. The van der Waals surface area contributed by atoms with Gasteiger partial charge in [0.2, 0.25) is 0 Å². The summed E-state index contributed by atoms with van der Waals surface area (Å²) in [6, 6.07) is 11.6. The van der Waals surface area contributed by atoms with Gasteiger partial charge in [-0.25, -0.2) is 0 Å². The Kier molecular flexibility index (Phi) is 7.10. The summed E-state index contributed by atoms with van der Waals surface area (Å²) in [7, 11) is 0. The quantitative estimate of drug-likeness (QED) is 0.186. The van der Waals surface area contributed by atoms with Crippen LogP contribution in [-0.2, 0) is 12.8 Å². The molecule has 4 aliphatic rings. The van der Waals surface area contributed by atoms with Gasteiger partial charge in [0.15, 0.2) is 0 Å². The van der Waals surface area contributed by atoms with Crippen LogP contribution in [0.25, 0.3) is 33.2 Å². The van der Waals surface area contributed by atoms with Crippen molar-refractivity contribution in [1.82, 2.24) is 0 Å². The van der Waals surface area contributed by atoms with E-state index in [1.807, 2.05) is 0 Å². The van der Waals surface area contributed by atoms with Crippen LogP contribution in [-0.4, -0.2) is 0 Å². The van der Waals surface area contributed by atoms with E-state index in [0.717, 1.165) is 51.4 Å². The van der Waals surface area contributed by atoms with Crippen LogP contribution in [0.5, 0.6) is 0 Å². The van der Waals surface area contributed by atoms with E-state index in [1.54, 1.807) is 0 Å². The predicted molar refractivity (Wildman–Crippen MR) is 190 cm³/mol. The van der Waals surface area contributed by atoms with Gasteiger partial charge in [-0.05, 0) is 111 Å². The van der Waals surface area contributed by atoms with Crippen LogP contribution in [0.4, 0.5) is 0 Å². The Bertz CT molecular complexity index is 2110. The first-order valence-electron chi connectivity index (χ1n) is 16.6. The highest BCUT2D eigenvalue weighted by Gasteiger charge is 2.22. The molecule has 0 aromatic heterocycles. The monoisotopic (exact) mass is 572 g/mol. The SMILES string of the molecule is CC(C)(C)C1=CC=C(C#CC2=c3cccc4c5c6c(c(C#CC7=CC=C(C(C)(C)C)CC7)ccc6c(c34)CC2)=CCC5)CC1. The van der Waals surface area contributed by atoms with Crippen molar-refractivity contribution in [2.24, 2.45) is 10.8 Å². The van der Waals surface area contributed by atoms with Gasteiger partial charge in [-0.2, -0.15) is 0 Å². The molecule has 0 bridgehead atoms. The van der Waals surface area contributed by atoms with Gasteiger partial charge >= 0.3 is 0 Å². The number of fused-ring (bicyclic) bond motifs is 2. The topological polar surface area (TPSA) is 0 Å². The first-order valence-corrected chi connectivity index (χ1v) is 16.6. The third-order valence-electron chi connectivity index (χ3n) is 10.2. The van der Waals surface area contributed by atoms with Gasteiger partial charge in [-0.15, -0.1) is 0 Å². The summed E-state index contributed by atoms with van der Waals surface area (Å²) in [6.07, 6.45) is 20.1. The van der Waals surface area contributed by atoms with Crippen LogP contribution < -0.4 is 10.4 Å². The first kappa shape index (κ1) is 28.8. The van der Waals surface area contributed by atoms with Crippen LogP contribution in [0.1, 0.15) is 96.8 Å². The molecule has 3 aromatic rings. The van der Waals surface area contributed by atoms with E-state index in [2.05, 4.69) is 126 Å². The Balaban J connectivity index is 1.32. The second-order valence-corrected chi connectivity index (χ2v) is 15.1. The zero-order valence-electron chi connectivity index (χ0n) is 27.4. The molecule has 0 N–H and O–H groups in total. The lowest BCUT2D eigenvalue weighted by molar-refractivity contribution is 0.480. The highest BCUT2D eigenvalue weighted by molar-refractivity contribution is 6.08. The molecule has 0 unspecified atom stereocenters. The summed E-state index contributed by atoms with van der Waals surface area (Å²) in [5.74, 6) is 14.4. The van der Waals surface area contributed by atoms with E-state index < -0.39 is 0 Å². The average molecular weight is 573 g/mol. The van der Waals surface area contributed by atoms with Gasteiger partial charge in [-0.3, -0.25) is 0 Å². The van der Waals surface area contributed by atoms with Crippen molar-refractivity contribution in [2.45, 2.75) is 92.9 Å². The van der Waals surface area contributed by atoms with E-state index in [4.69, 9.17) is 0 Å². The van der Waals surface area contributed by atoms with Crippen molar-refractivity contribution >= 4 is 33.2 Å². The molecular weight excluding hydrogens is 528 g/mol. The number of aryl methyl sites for hydroxylation is 2. The van der Waals surface area contributed by atoms with Crippen molar-refractivity contribution < 1.29 is 0 Å². The minimum atomic E-state index is 0.235. The predicted octanol–water partition coefficient (Wildman–Crippen LogP) is 9.56. The Labute approximate surface area is 264 Å². The molecule has 0 radical (unpaired) electrons. The van der Waals surface area contributed by atoms with Crippen LogP contribution in [0, 0.1) is 34.5 Å². The maximum Gasteiger partial charge on any atom is 0.0324 e. The molecule has 0 aliphatic heterocycles. The standard InChI is InChI=1S/C44H44/c1-43(2,3)33-23-15-29(16-24-33)13-19-31-21-27-39-40-28-22-32(20-14-30-17-25-34(26-18-30)44(4,5)6)36-10-8-12-38(42(36)40)37-11-7-9-35(31)41(37)39/h7,9-11,15,17,22-23,25,28H,8,12,16,18,21,24,26-27H2,1-6H3. The zero-order chi connectivity index (χ0) is 30.6. The summed E-state index contributed by atoms with van der Waals surface area (Å²) in [5.41, 5.74) is 11.5. The van der Waals surface area contributed by atoms with Crippen LogP contribution in [0.3, 0.4) is 0 Å². The van der Waals surface area contributed by atoms with Crippen LogP contribution in [0.15, 0.2) is 76.9 Å². The molecule has 4 aliphatic carbocycles. The fourth-order valence-electron chi connectivity index (χ4n) is 7.60. The highest BCUT2D eigenvalue weighted by Crippen LogP contribution is 2.37. The molecule has 0 saturated carbocycles. The molecule has 44 heavy (non-hydrogen) atoms. The van der Waals surface area contributed by atoms with E-state index >= 15 is 0 Å². The fourth-order valence-corrected chi connectivity index (χ4v) is 7.60. The Morgan fingerprint density at radius 1 is 0.545 bits per heavy atom. The minimum Gasteiger partial charge on any atom is -0.0750 e. The molecule has 220 valence electrons. The third kappa shape index (κ3) is 5.20. The van der Waals surface area contributed by atoms with Crippen LogP contribution in [0.2, 0.25) is 0 Å². The molecule has 0 nitrogen and oxygen atoms in total. The van der Waals surface area contributed by atoms with Crippen molar-refractivity contribution in [3.63, 3.8) is 0 Å². The molecule has 0 fully saturated rings. The Morgan fingerprint density at radius 3 is 1.82 bits per heavy atom. The van der Waals surface area contributed by atoms with Gasteiger partial charge in [0.25, 0.3) is 0 Å². The van der Waals surface area contributed by atoms with Crippen molar-refractivity contribution in [3.8, 4) is 23.7 Å². The molecule has 0 spiro atoms. The highest BCUT2D eigenvalue weighted by atomic mass is 14.3. The third-order valence-corrected chi connectivity index (χ3v) is 10.2. The normalized spacial score (nSPS) is 17.8. The first-order chi connectivity index (χ1) is 21.1. The molecule has 0 heterocycles. The molecular formula is C44H44. The lowest BCUT2D eigenvalue weighted by Gasteiger charge is -2.25. The van der Waals surface area contributed by atoms with Crippen molar-refractivity contribution in [2.75, 3.05) is 0 Å². The zero-order valence-corrected chi connectivity index (χ0v) is 27.4. The van der Waals surface area contributed by atoms with Crippen molar-refractivity contribution in [3.05, 3.63) is 104 Å². The summed E-state index contributed by atoms with van der Waals surface area (Å²) in [6.45, 7) is 13.8. The molecule has 7 rings (SSSR count). The second kappa shape index (κ2) is 10.9. The van der Waals surface area contributed by atoms with Crippen molar-refractivity contribution in [1.29, 1.82) is 0 Å². The lowest BCUT2D eigenvalue weighted by atomic mass is 9.80. The summed E-state index contributed by atoms with van der Waals surface area (Å²) in [4.78, 5) is 0. The van der Waals surface area contributed by atoms with Gasteiger partial charge in [0, 0.05) is 22.3 Å². The lowest BCUT2D eigenvalue weighted by Crippen LogP contribution is -2.20. The second-order valence-electron chi connectivity index (χ2n) is 15.1. The molecule has 0 atom stereocenters. The fraction of sp³-hybridized carbons (Fsp3) is 0.364. The van der Waals surface area contributed by atoms with E-state index in [9.17, 15) is 0 Å². The average Bonchev–Trinajstić information content (AvgIpc) is 3.01. The van der Waals surface area contributed by atoms with Gasteiger partial charge in [-0.1, -0.05) is 131 Å². The van der Waals surface area contributed by atoms with E-state index in [0.29, 0.717) is 0 Å². The summed E-state index contributed by atoms with van der Waals surface area (Å²) >= 11 is 0. The molecule has 3 aromatic carbocycles. The minimum absolute atomic E-state index is 0.235. The van der Waals surface area contributed by atoms with Gasteiger partial charge < -0.3 is 0 Å². The number of hydrogen-bond donors (Lipinski definition) is 0. The number of rotatable bonds is 0. The van der Waals surface area contributed by atoms with Gasteiger partial charge in [0.05, 0.1) is 0 Å². The maximum absolute atomic E-state index is 3.66. The summed E-state index contributed by atoms with van der Waals surface area (Å²) < 4.78 is 0. The summed E-state index contributed by atoms with van der Waals surface area (Å²) in [5, 5.41) is 8.44. The largest absolute Gasteiger partial charge is 0.0750 e. The van der Waals surface area contributed by atoms with E-state index in [-0.39, 0.29) is 10.8 Å². The molecule has 0 saturated heterocycles. The van der Waals surface area contributed by atoms with Crippen LogP contribution >= 0.6 is 0 Å². The number of allylic oxidation sites excluding steroid dienone is 8. The number of benzene rings is 3. The van der Waals surface area contributed by atoms with Gasteiger partial charge in [0.1, 0.15) is 0 Å². The Hall–Kier alpha value is -4.00.